The fraction of sp³-hybridized carbons (Fsp3) is 0.526. The molecule has 0 N–H and O–H groups in total. The van der Waals surface area contributed by atoms with Gasteiger partial charge in [-0.2, -0.15) is 0 Å². The lowest BCUT2D eigenvalue weighted by Gasteiger charge is -2.34. The highest BCUT2D eigenvalue weighted by atomic mass is 16.5. The summed E-state index contributed by atoms with van der Waals surface area (Å²) in [4.78, 5) is 25.9. The number of fused-ring (bicyclic) bond motifs is 1. The third-order valence-corrected chi connectivity index (χ3v) is 5.33. The van der Waals surface area contributed by atoms with Crippen molar-refractivity contribution in [3.8, 4) is 0 Å². The Balaban J connectivity index is 1.54. The van der Waals surface area contributed by atoms with Gasteiger partial charge in [-0.15, -0.1) is 0 Å². The molecule has 0 bridgehead atoms. The zero-order valence-corrected chi connectivity index (χ0v) is 15.1. The smallest absolute Gasteiger partial charge is 0.257 e. The van der Waals surface area contributed by atoms with E-state index in [1.807, 2.05) is 4.90 Å². The molecule has 0 aliphatic carbocycles. The molecule has 1 saturated heterocycles. The lowest BCUT2D eigenvalue weighted by atomic mass is 10.1. The molecule has 138 valence electrons. The molecule has 2 aliphatic heterocycles. The van der Waals surface area contributed by atoms with Crippen LogP contribution in [0.4, 0.5) is 5.82 Å². The van der Waals surface area contributed by atoms with Crippen molar-refractivity contribution < 1.29 is 13.9 Å². The molecular weight excluding hydrogens is 332 g/mol. The van der Waals surface area contributed by atoms with Crippen molar-refractivity contribution in [3.05, 3.63) is 41.7 Å². The Morgan fingerprint density at radius 2 is 2.15 bits per heavy atom. The lowest BCUT2D eigenvalue weighted by molar-refractivity contribution is 0.0762. The van der Waals surface area contributed by atoms with Gasteiger partial charge in [-0.3, -0.25) is 4.79 Å². The van der Waals surface area contributed by atoms with Crippen molar-refractivity contribution in [2.75, 3.05) is 38.2 Å². The van der Waals surface area contributed by atoms with Crippen LogP contribution in [-0.2, 0) is 17.6 Å². The largest absolute Gasteiger partial charge is 0.472 e. The number of hydrogen-bond donors (Lipinski definition) is 0. The van der Waals surface area contributed by atoms with Crippen LogP contribution in [0.3, 0.4) is 0 Å². The van der Waals surface area contributed by atoms with Gasteiger partial charge in [-0.05, 0) is 25.3 Å². The van der Waals surface area contributed by atoms with E-state index in [2.05, 4.69) is 14.9 Å². The second-order valence-electron chi connectivity index (χ2n) is 6.87. The van der Waals surface area contributed by atoms with E-state index in [1.54, 1.807) is 19.5 Å². The highest BCUT2D eigenvalue weighted by Gasteiger charge is 2.27. The molecule has 1 fully saturated rings. The van der Waals surface area contributed by atoms with Gasteiger partial charge in [-0.1, -0.05) is 0 Å². The highest BCUT2D eigenvalue weighted by Crippen LogP contribution is 2.27. The monoisotopic (exact) mass is 356 g/mol. The van der Waals surface area contributed by atoms with E-state index in [0.717, 1.165) is 50.3 Å². The number of amides is 1. The third-order valence-electron chi connectivity index (χ3n) is 5.33. The van der Waals surface area contributed by atoms with Crippen LogP contribution >= 0.6 is 0 Å². The molecule has 4 heterocycles. The van der Waals surface area contributed by atoms with Crippen LogP contribution in [-0.4, -0.2) is 60.2 Å². The summed E-state index contributed by atoms with van der Waals surface area (Å²) in [5, 5.41) is 0. The maximum Gasteiger partial charge on any atom is 0.257 e. The van der Waals surface area contributed by atoms with Crippen LogP contribution in [0, 0.1) is 0 Å². The summed E-state index contributed by atoms with van der Waals surface area (Å²) >= 11 is 0. The van der Waals surface area contributed by atoms with Crippen LogP contribution in [0.2, 0.25) is 0 Å². The van der Waals surface area contributed by atoms with Crippen molar-refractivity contribution >= 4 is 11.7 Å². The zero-order chi connectivity index (χ0) is 17.9. The minimum atomic E-state index is 0.0125. The zero-order valence-electron chi connectivity index (χ0n) is 15.1. The van der Waals surface area contributed by atoms with Gasteiger partial charge in [0.2, 0.25) is 0 Å². The Morgan fingerprint density at radius 1 is 1.27 bits per heavy atom. The van der Waals surface area contributed by atoms with Crippen LogP contribution < -0.4 is 4.90 Å². The van der Waals surface area contributed by atoms with E-state index in [-0.39, 0.29) is 12.0 Å². The molecule has 1 atom stereocenters. The summed E-state index contributed by atoms with van der Waals surface area (Å²) in [6, 6.07) is 1.71. The minimum absolute atomic E-state index is 0.0125. The van der Waals surface area contributed by atoms with Crippen LogP contribution in [0.15, 0.2) is 29.3 Å². The number of carbonyl (C=O) groups excluding carboxylic acids is 1. The molecule has 0 spiro atoms. The molecule has 1 amide bonds. The second kappa shape index (κ2) is 7.45. The number of rotatable bonds is 3. The van der Waals surface area contributed by atoms with Crippen molar-refractivity contribution in [1.82, 2.24) is 14.9 Å². The van der Waals surface area contributed by atoms with Gasteiger partial charge >= 0.3 is 0 Å². The predicted octanol–water partition coefficient (Wildman–Crippen LogP) is 1.93. The Kier molecular flexibility index (Phi) is 4.88. The minimum Gasteiger partial charge on any atom is -0.472 e. The molecule has 2 aromatic rings. The fourth-order valence-corrected chi connectivity index (χ4v) is 3.88. The average Bonchev–Trinajstić information content (AvgIpc) is 3.14. The highest BCUT2D eigenvalue weighted by molar-refractivity contribution is 5.93. The molecule has 0 radical (unpaired) electrons. The second-order valence-corrected chi connectivity index (χ2v) is 6.87. The number of piperidine rings is 1. The normalized spacial score (nSPS) is 20.6. The van der Waals surface area contributed by atoms with Gasteiger partial charge in [0.25, 0.3) is 5.91 Å². The molecule has 26 heavy (non-hydrogen) atoms. The lowest BCUT2D eigenvalue weighted by Crippen LogP contribution is -2.40. The van der Waals surface area contributed by atoms with Gasteiger partial charge in [0.15, 0.2) is 0 Å². The van der Waals surface area contributed by atoms with Crippen LogP contribution in [0.25, 0.3) is 0 Å². The number of aromatic nitrogens is 2. The summed E-state index contributed by atoms with van der Waals surface area (Å²) < 4.78 is 10.6. The van der Waals surface area contributed by atoms with Gasteiger partial charge < -0.3 is 19.0 Å². The number of carbonyl (C=O) groups is 1. The maximum absolute atomic E-state index is 12.6. The van der Waals surface area contributed by atoms with Crippen LogP contribution in [0.1, 0.15) is 34.5 Å². The molecule has 4 rings (SSSR count). The number of furan rings is 1. The van der Waals surface area contributed by atoms with E-state index in [4.69, 9.17) is 9.15 Å². The van der Waals surface area contributed by atoms with E-state index < -0.39 is 0 Å². The summed E-state index contributed by atoms with van der Waals surface area (Å²) in [5.41, 5.74) is 2.82. The Bertz CT molecular complexity index is 762. The SMILES string of the molecule is CO[C@@H]1CCCN(c2ncnc3c2CCN(C(=O)c2ccoc2)CC3)C1. The van der Waals surface area contributed by atoms with E-state index >= 15 is 0 Å². The Labute approximate surface area is 153 Å². The number of nitrogens with zero attached hydrogens (tertiary/aromatic N) is 4. The molecule has 2 aliphatic rings. The molecule has 0 unspecified atom stereocenters. The maximum atomic E-state index is 12.6. The standard InChI is InChI=1S/C19H24N4O3/c1-25-15-3-2-7-23(11-15)18-16-4-8-22(9-5-17(16)20-13-21-18)19(24)14-6-10-26-12-14/h6,10,12-13,15H,2-5,7-9,11H2,1H3/t15-/m1/s1. The molecule has 0 saturated carbocycles. The Morgan fingerprint density at radius 3 is 2.96 bits per heavy atom. The summed E-state index contributed by atoms with van der Waals surface area (Å²) in [5.74, 6) is 1.02. The summed E-state index contributed by atoms with van der Waals surface area (Å²) in [6.07, 6.45) is 8.64. The van der Waals surface area contributed by atoms with Crippen molar-refractivity contribution in [2.45, 2.75) is 31.8 Å². The van der Waals surface area contributed by atoms with Gasteiger partial charge in [0, 0.05) is 45.3 Å². The van der Waals surface area contributed by atoms with Crippen molar-refractivity contribution in [2.24, 2.45) is 0 Å². The number of anilines is 1. The first-order valence-corrected chi connectivity index (χ1v) is 9.18. The van der Waals surface area contributed by atoms with Gasteiger partial charge in [0.1, 0.15) is 18.4 Å². The van der Waals surface area contributed by atoms with Crippen molar-refractivity contribution in [1.29, 1.82) is 0 Å². The van der Waals surface area contributed by atoms with Crippen molar-refractivity contribution in [3.63, 3.8) is 0 Å². The van der Waals surface area contributed by atoms with Crippen LogP contribution in [0.5, 0.6) is 0 Å². The topological polar surface area (TPSA) is 71.7 Å². The van der Waals surface area contributed by atoms with E-state index in [9.17, 15) is 4.79 Å². The molecule has 2 aromatic heterocycles. The average molecular weight is 356 g/mol. The van der Waals surface area contributed by atoms with Gasteiger partial charge in [0.05, 0.1) is 23.6 Å². The first-order valence-electron chi connectivity index (χ1n) is 9.18. The summed E-state index contributed by atoms with van der Waals surface area (Å²) in [7, 11) is 1.77. The predicted molar refractivity (Wildman–Crippen MR) is 96.3 cm³/mol. The molecule has 7 heteroatoms. The van der Waals surface area contributed by atoms with E-state index in [0.29, 0.717) is 18.7 Å². The molecule has 0 aromatic carbocycles. The molecule has 7 nitrogen and oxygen atoms in total. The summed E-state index contributed by atoms with van der Waals surface area (Å²) in [6.45, 7) is 3.17. The van der Waals surface area contributed by atoms with E-state index in [1.165, 1.54) is 18.1 Å². The molecular formula is C19H24N4O3. The number of ether oxygens (including phenoxy) is 1. The first kappa shape index (κ1) is 17.0. The fourth-order valence-electron chi connectivity index (χ4n) is 3.88. The first-order chi connectivity index (χ1) is 12.8. The number of hydrogen-bond acceptors (Lipinski definition) is 6. The number of methoxy groups -OCH3 is 1. The third kappa shape index (κ3) is 3.31. The quantitative estimate of drug-likeness (QED) is 0.837. The van der Waals surface area contributed by atoms with Gasteiger partial charge in [-0.25, -0.2) is 9.97 Å². The Hall–Kier alpha value is -2.41.